The van der Waals surface area contributed by atoms with Crippen molar-refractivity contribution in [2.24, 2.45) is 0 Å². The van der Waals surface area contributed by atoms with Crippen molar-refractivity contribution in [1.29, 1.82) is 0 Å². The van der Waals surface area contributed by atoms with Crippen LogP contribution in [-0.2, 0) is 0 Å². The first-order chi connectivity index (χ1) is 15.1. The van der Waals surface area contributed by atoms with Crippen LogP contribution in [0.25, 0.3) is 0 Å². The molecule has 0 bridgehead atoms. The molecule has 0 fully saturated rings. The number of hydrogen-bond donors (Lipinski definition) is 1. The smallest absolute Gasteiger partial charge is 0.270 e. The van der Waals surface area contributed by atoms with Crippen molar-refractivity contribution in [2.45, 2.75) is 0 Å². The van der Waals surface area contributed by atoms with Gasteiger partial charge in [0.15, 0.2) is 11.5 Å². The molecule has 0 atom stereocenters. The van der Waals surface area contributed by atoms with Gasteiger partial charge in [0, 0.05) is 18.2 Å². The van der Waals surface area contributed by atoms with Gasteiger partial charge in [-0.25, -0.2) is 0 Å². The van der Waals surface area contributed by atoms with Crippen molar-refractivity contribution in [2.75, 3.05) is 19.9 Å². The Hall–Kier alpha value is -4.27. The van der Waals surface area contributed by atoms with Crippen molar-refractivity contribution in [3.05, 3.63) is 82.4 Å². The van der Waals surface area contributed by atoms with Gasteiger partial charge in [-0.05, 0) is 30.3 Å². The molecular weight excluding hydrogens is 404 g/mol. The quantitative estimate of drug-likeness (QED) is 0.333. The molecule has 0 aliphatic carbocycles. The van der Waals surface area contributed by atoms with Crippen LogP contribution in [0.3, 0.4) is 0 Å². The summed E-state index contributed by atoms with van der Waals surface area (Å²) in [5.74, 6) is 2.03. The Kier molecular flexibility index (Phi) is 5.84. The maximum absolute atomic E-state index is 12.7. The fourth-order valence-electron chi connectivity index (χ4n) is 2.91. The summed E-state index contributed by atoms with van der Waals surface area (Å²) in [6, 6.07) is 17.9. The molecule has 0 aromatic heterocycles. The number of non-ortho nitro benzene ring substituents is 1. The number of nitro groups is 1. The van der Waals surface area contributed by atoms with Crippen molar-refractivity contribution < 1.29 is 28.7 Å². The Balaban J connectivity index is 1.40. The summed E-state index contributed by atoms with van der Waals surface area (Å²) in [4.78, 5) is 23.3. The van der Waals surface area contributed by atoms with Crippen LogP contribution in [0.1, 0.15) is 10.4 Å². The zero-order valence-corrected chi connectivity index (χ0v) is 16.3. The van der Waals surface area contributed by atoms with Crippen LogP contribution in [0.4, 0.5) is 5.69 Å². The van der Waals surface area contributed by atoms with Gasteiger partial charge in [0.05, 0.1) is 17.0 Å². The van der Waals surface area contributed by atoms with E-state index in [-0.39, 0.29) is 36.9 Å². The number of amides is 1. The second kappa shape index (κ2) is 9.04. The molecule has 31 heavy (non-hydrogen) atoms. The second-order valence-electron chi connectivity index (χ2n) is 6.47. The van der Waals surface area contributed by atoms with Crippen LogP contribution in [0.15, 0.2) is 66.7 Å². The summed E-state index contributed by atoms with van der Waals surface area (Å²) in [7, 11) is 0. The van der Waals surface area contributed by atoms with Crippen LogP contribution in [0.2, 0.25) is 0 Å². The average Bonchev–Trinajstić information content (AvgIpc) is 3.25. The molecule has 1 amide bonds. The molecule has 0 spiro atoms. The summed E-state index contributed by atoms with van der Waals surface area (Å²) in [6.07, 6.45) is 0. The molecule has 3 aromatic rings. The molecular formula is C22H18N2O7. The number of carbonyl (C=O) groups is 1. The topological polar surface area (TPSA) is 109 Å². The number of hydrogen-bond acceptors (Lipinski definition) is 7. The number of nitro benzene ring substituents is 1. The maximum Gasteiger partial charge on any atom is 0.270 e. The molecule has 3 aromatic carbocycles. The SMILES string of the molecule is O=C(NCCOc1ccc2c(c1)OCO2)c1cc([N+](=O)[O-])ccc1Oc1ccccc1. The minimum Gasteiger partial charge on any atom is -0.492 e. The lowest BCUT2D eigenvalue weighted by Crippen LogP contribution is -2.28. The normalized spacial score (nSPS) is 11.6. The number of ether oxygens (including phenoxy) is 4. The third-order valence-electron chi connectivity index (χ3n) is 4.39. The first-order valence-electron chi connectivity index (χ1n) is 9.42. The lowest BCUT2D eigenvalue weighted by Gasteiger charge is -2.12. The molecule has 1 aliphatic heterocycles. The van der Waals surface area contributed by atoms with E-state index in [1.807, 2.05) is 6.07 Å². The summed E-state index contributed by atoms with van der Waals surface area (Å²) in [5.41, 5.74) is -0.150. The van der Waals surface area contributed by atoms with E-state index in [0.717, 1.165) is 0 Å². The largest absolute Gasteiger partial charge is 0.492 e. The van der Waals surface area contributed by atoms with Gasteiger partial charge < -0.3 is 24.3 Å². The number of carbonyl (C=O) groups excluding carboxylic acids is 1. The molecule has 1 heterocycles. The monoisotopic (exact) mass is 422 g/mol. The minimum absolute atomic E-state index is 0.0566. The van der Waals surface area contributed by atoms with E-state index < -0.39 is 10.8 Å². The number of nitrogens with zero attached hydrogens (tertiary/aromatic N) is 1. The number of benzene rings is 3. The average molecular weight is 422 g/mol. The first-order valence-corrected chi connectivity index (χ1v) is 9.42. The van der Waals surface area contributed by atoms with Crippen LogP contribution in [-0.4, -0.2) is 30.8 Å². The molecule has 9 heteroatoms. The third kappa shape index (κ3) is 4.84. The van der Waals surface area contributed by atoms with Gasteiger partial charge >= 0.3 is 0 Å². The van der Waals surface area contributed by atoms with Gasteiger partial charge in [-0.2, -0.15) is 0 Å². The standard InChI is InChI=1S/C22H18N2O7/c25-22(23-10-11-28-17-7-9-20-21(13-17)30-14-29-20)18-12-15(24(26)27)6-8-19(18)31-16-4-2-1-3-5-16/h1-9,12-13H,10-11,14H2,(H,23,25). The number of nitrogens with one attached hydrogen (secondary N) is 1. The molecule has 0 saturated carbocycles. The predicted molar refractivity (Wildman–Crippen MR) is 110 cm³/mol. The highest BCUT2D eigenvalue weighted by Crippen LogP contribution is 2.35. The van der Waals surface area contributed by atoms with Crippen LogP contribution in [0.5, 0.6) is 28.7 Å². The molecule has 0 unspecified atom stereocenters. The van der Waals surface area contributed by atoms with E-state index in [1.54, 1.807) is 42.5 Å². The highest BCUT2D eigenvalue weighted by molar-refractivity contribution is 5.97. The molecule has 4 rings (SSSR count). The molecule has 1 N–H and O–H groups in total. The minimum atomic E-state index is -0.564. The van der Waals surface area contributed by atoms with Gasteiger partial charge in [-0.15, -0.1) is 0 Å². The van der Waals surface area contributed by atoms with Crippen LogP contribution < -0.4 is 24.3 Å². The Labute approximate surface area is 177 Å². The van der Waals surface area contributed by atoms with Gasteiger partial charge in [0.1, 0.15) is 23.9 Å². The van der Waals surface area contributed by atoms with Crippen LogP contribution in [0, 0.1) is 10.1 Å². The summed E-state index contributed by atoms with van der Waals surface area (Å²) in [6.45, 7) is 0.543. The molecule has 9 nitrogen and oxygen atoms in total. The Morgan fingerprint density at radius 3 is 2.61 bits per heavy atom. The first kappa shape index (κ1) is 20.0. The molecule has 0 radical (unpaired) electrons. The fraction of sp³-hybridized carbons (Fsp3) is 0.136. The van der Waals surface area contributed by atoms with E-state index >= 15 is 0 Å². The Morgan fingerprint density at radius 1 is 1.00 bits per heavy atom. The zero-order valence-electron chi connectivity index (χ0n) is 16.3. The molecule has 0 saturated heterocycles. The van der Waals surface area contributed by atoms with Crippen molar-refractivity contribution >= 4 is 11.6 Å². The van der Waals surface area contributed by atoms with Crippen molar-refractivity contribution in [3.8, 4) is 28.7 Å². The van der Waals surface area contributed by atoms with Crippen LogP contribution >= 0.6 is 0 Å². The summed E-state index contributed by atoms with van der Waals surface area (Å²) < 4.78 is 21.9. The Morgan fingerprint density at radius 2 is 1.81 bits per heavy atom. The highest BCUT2D eigenvalue weighted by Gasteiger charge is 2.19. The molecule has 158 valence electrons. The van der Waals surface area contributed by atoms with E-state index in [0.29, 0.717) is 23.0 Å². The van der Waals surface area contributed by atoms with Gasteiger partial charge in [0.2, 0.25) is 6.79 Å². The van der Waals surface area contributed by atoms with Gasteiger partial charge in [0.25, 0.3) is 11.6 Å². The second-order valence-corrected chi connectivity index (χ2v) is 6.47. The number of fused-ring (bicyclic) bond motifs is 1. The van der Waals surface area contributed by atoms with Gasteiger partial charge in [-0.1, -0.05) is 18.2 Å². The Bertz CT molecular complexity index is 1100. The van der Waals surface area contributed by atoms with E-state index in [2.05, 4.69) is 5.32 Å². The van der Waals surface area contributed by atoms with Crippen molar-refractivity contribution in [3.63, 3.8) is 0 Å². The van der Waals surface area contributed by atoms with Crippen molar-refractivity contribution in [1.82, 2.24) is 5.32 Å². The number of rotatable bonds is 8. The molecule has 1 aliphatic rings. The summed E-state index contributed by atoms with van der Waals surface area (Å²) in [5, 5.41) is 13.8. The lowest BCUT2D eigenvalue weighted by atomic mass is 10.1. The third-order valence-corrected chi connectivity index (χ3v) is 4.39. The predicted octanol–water partition coefficient (Wildman–Crippen LogP) is 3.92. The van der Waals surface area contributed by atoms with E-state index in [9.17, 15) is 14.9 Å². The number of para-hydroxylation sites is 1. The van der Waals surface area contributed by atoms with E-state index in [4.69, 9.17) is 18.9 Å². The highest BCUT2D eigenvalue weighted by atomic mass is 16.7. The zero-order chi connectivity index (χ0) is 21.6. The lowest BCUT2D eigenvalue weighted by molar-refractivity contribution is -0.384. The summed E-state index contributed by atoms with van der Waals surface area (Å²) >= 11 is 0. The fourth-order valence-corrected chi connectivity index (χ4v) is 2.91. The van der Waals surface area contributed by atoms with Gasteiger partial charge in [-0.3, -0.25) is 14.9 Å². The maximum atomic E-state index is 12.7. The van der Waals surface area contributed by atoms with E-state index in [1.165, 1.54) is 18.2 Å².